The largest absolute Gasteiger partial charge is 0.493 e. The highest BCUT2D eigenvalue weighted by Gasteiger charge is 2.10. The Morgan fingerprint density at radius 3 is 2.50 bits per heavy atom. The van der Waals surface area contributed by atoms with Gasteiger partial charge in [-0.1, -0.05) is 24.3 Å². The van der Waals surface area contributed by atoms with Crippen LogP contribution in [0.15, 0.2) is 42.5 Å². The molecule has 5 nitrogen and oxygen atoms in total. The molecule has 126 valence electrons. The molecule has 0 aliphatic heterocycles. The van der Waals surface area contributed by atoms with Gasteiger partial charge in [0.05, 0.1) is 7.11 Å². The molecule has 0 aliphatic rings. The Labute approximate surface area is 141 Å². The molecule has 1 N–H and O–H groups in total. The van der Waals surface area contributed by atoms with Gasteiger partial charge in [-0.2, -0.15) is 0 Å². The summed E-state index contributed by atoms with van der Waals surface area (Å²) in [5.74, 6) is 0.565. The van der Waals surface area contributed by atoms with Gasteiger partial charge in [-0.25, -0.2) is 0 Å². The lowest BCUT2D eigenvalue weighted by Crippen LogP contribution is -2.28. The Balaban J connectivity index is 1.92. The molecule has 2 aromatic carbocycles. The Hall–Kier alpha value is -2.82. The normalized spacial score (nSPS) is 10.1. The number of hydrogen-bond acceptors (Lipinski definition) is 4. The molecular formula is C19H21NO4. The van der Waals surface area contributed by atoms with Crippen molar-refractivity contribution in [3.63, 3.8) is 0 Å². The van der Waals surface area contributed by atoms with Gasteiger partial charge >= 0.3 is 0 Å². The lowest BCUT2D eigenvalue weighted by molar-refractivity contribution is -0.123. The molecule has 0 saturated carbocycles. The molecular weight excluding hydrogens is 306 g/mol. The third-order valence-corrected chi connectivity index (χ3v) is 3.67. The standard InChI is InChI=1S/C19H21NO4/c1-13-6-4-5-7-16(13)11-20-19(22)12-24-17-9-8-15(14(2)21)10-18(17)23-3/h4-10H,11-12H2,1-3H3,(H,20,22). The van der Waals surface area contributed by atoms with E-state index in [1.165, 1.54) is 14.0 Å². The summed E-state index contributed by atoms with van der Waals surface area (Å²) >= 11 is 0. The van der Waals surface area contributed by atoms with E-state index in [9.17, 15) is 9.59 Å². The van der Waals surface area contributed by atoms with Crippen LogP contribution in [0.3, 0.4) is 0 Å². The summed E-state index contributed by atoms with van der Waals surface area (Å²) in [7, 11) is 1.49. The van der Waals surface area contributed by atoms with Gasteiger partial charge in [0.25, 0.3) is 5.91 Å². The van der Waals surface area contributed by atoms with Gasteiger partial charge in [0.15, 0.2) is 23.9 Å². The Bertz CT molecular complexity index is 740. The van der Waals surface area contributed by atoms with Gasteiger partial charge in [-0.3, -0.25) is 9.59 Å². The Morgan fingerprint density at radius 1 is 1.08 bits per heavy atom. The summed E-state index contributed by atoms with van der Waals surface area (Å²) in [5.41, 5.74) is 2.72. The molecule has 0 saturated heterocycles. The Morgan fingerprint density at radius 2 is 1.83 bits per heavy atom. The van der Waals surface area contributed by atoms with Crippen molar-refractivity contribution in [3.05, 3.63) is 59.2 Å². The molecule has 0 spiro atoms. The number of rotatable bonds is 7. The summed E-state index contributed by atoms with van der Waals surface area (Å²) in [4.78, 5) is 23.3. The summed E-state index contributed by atoms with van der Waals surface area (Å²) in [6.45, 7) is 3.81. The first-order valence-corrected chi connectivity index (χ1v) is 7.64. The second-order valence-corrected chi connectivity index (χ2v) is 5.41. The SMILES string of the molecule is COc1cc(C(C)=O)ccc1OCC(=O)NCc1ccccc1C. The molecule has 0 heterocycles. The van der Waals surface area contributed by atoms with E-state index in [1.54, 1.807) is 18.2 Å². The third kappa shape index (κ3) is 4.59. The molecule has 0 bridgehead atoms. The van der Waals surface area contributed by atoms with Gasteiger partial charge in [-0.15, -0.1) is 0 Å². The molecule has 5 heteroatoms. The number of ether oxygens (including phenoxy) is 2. The second-order valence-electron chi connectivity index (χ2n) is 5.41. The van der Waals surface area contributed by atoms with Crippen molar-refractivity contribution < 1.29 is 19.1 Å². The van der Waals surface area contributed by atoms with Crippen LogP contribution < -0.4 is 14.8 Å². The smallest absolute Gasteiger partial charge is 0.258 e. The minimum Gasteiger partial charge on any atom is -0.493 e. The number of benzene rings is 2. The van der Waals surface area contributed by atoms with E-state index in [-0.39, 0.29) is 18.3 Å². The predicted molar refractivity (Wildman–Crippen MR) is 91.5 cm³/mol. The maximum atomic E-state index is 11.9. The minimum absolute atomic E-state index is 0.0594. The highest BCUT2D eigenvalue weighted by molar-refractivity contribution is 5.94. The first kappa shape index (κ1) is 17.5. The molecule has 24 heavy (non-hydrogen) atoms. The number of ketones is 1. The zero-order valence-electron chi connectivity index (χ0n) is 14.1. The first-order valence-electron chi connectivity index (χ1n) is 7.64. The van der Waals surface area contributed by atoms with E-state index in [4.69, 9.17) is 9.47 Å². The molecule has 0 aliphatic carbocycles. The number of hydrogen-bond donors (Lipinski definition) is 1. The number of carbonyl (C=O) groups is 2. The van der Waals surface area contributed by atoms with Crippen molar-refractivity contribution in [1.29, 1.82) is 0 Å². The summed E-state index contributed by atoms with van der Waals surface area (Å²) in [6.07, 6.45) is 0. The number of aryl methyl sites for hydroxylation is 1. The van der Waals surface area contributed by atoms with Crippen LogP contribution in [0, 0.1) is 6.92 Å². The van der Waals surface area contributed by atoms with E-state index in [0.717, 1.165) is 11.1 Å². The van der Waals surface area contributed by atoms with Crippen molar-refractivity contribution in [2.45, 2.75) is 20.4 Å². The summed E-state index contributed by atoms with van der Waals surface area (Å²) in [5, 5.41) is 2.82. The van der Waals surface area contributed by atoms with Crippen LogP contribution in [0.25, 0.3) is 0 Å². The topological polar surface area (TPSA) is 64.6 Å². The number of amides is 1. The van der Waals surface area contributed by atoms with Gasteiger partial charge in [0.1, 0.15) is 0 Å². The van der Waals surface area contributed by atoms with Crippen LogP contribution in [0.1, 0.15) is 28.4 Å². The molecule has 0 atom stereocenters. The molecule has 0 fully saturated rings. The minimum atomic E-state index is -0.226. The zero-order valence-corrected chi connectivity index (χ0v) is 14.1. The van der Waals surface area contributed by atoms with Crippen molar-refractivity contribution in [1.82, 2.24) is 5.32 Å². The van der Waals surface area contributed by atoms with Crippen LogP contribution in [-0.2, 0) is 11.3 Å². The van der Waals surface area contributed by atoms with Gasteiger partial charge < -0.3 is 14.8 Å². The van der Waals surface area contributed by atoms with Gasteiger partial charge in [-0.05, 0) is 43.2 Å². The predicted octanol–water partition coefficient (Wildman–Crippen LogP) is 2.90. The van der Waals surface area contributed by atoms with E-state index in [2.05, 4.69) is 5.32 Å². The van der Waals surface area contributed by atoms with Crippen LogP contribution in [0.4, 0.5) is 0 Å². The highest BCUT2D eigenvalue weighted by Crippen LogP contribution is 2.28. The fraction of sp³-hybridized carbons (Fsp3) is 0.263. The number of methoxy groups -OCH3 is 1. The molecule has 0 unspecified atom stereocenters. The molecule has 0 radical (unpaired) electrons. The molecule has 0 aromatic heterocycles. The zero-order chi connectivity index (χ0) is 17.5. The lowest BCUT2D eigenvalue weighted by Gasteiger charge is -2.12. The lowest BCUT2D eigenvalue weighted by atomic mass is 10.1. The molecule has 2 rings (SSSR count). The maximum absolute atomic E-state index is 11.9. The average Bonchev–Trinajstić information content (AvgIpc) is 2.58. The van der Waals surface area contributed by atoms with Crippen molar-refractivity contribution in [3.8, 4) is 11.5 Å². The second kappa shape index (κ2) is 8.15. The van der Waals surface area contributed by atoms with E-state index < -0.39 is 0 Å². The average molecular weight is 327 g/mol. The number of carbonyl (C=O) groups excluding carboxylic acids is 2. The summed E-state index contributed by atoms with van der Waals surface area (Å²) < 4.78 is 10.7. The number of Topliss-reactive ketones (excluding diaryl/α,β-unsaturated/α-hetero) is 1. The molecule has 1 amide bonds. The highest BCUT2D eigenvalue weighted by atomic mass is 16.5. The monoisotopic (exact) mass is 327 g/mol. The number of nitrogens with one attached hydrogen (secondary N) is 1. The van der Waals surface area contributed by atoms with Crippen molar-refractivity contribution in [2.75, 3.05) is 13.7 Å². The Kier molecular flexibility index (Phi) is 5.95. The summed E-state index contributed by atoms with van der Waals surface area (Å²) in [6, 6.07) is 12.7. The van der Waals surface area contributed by atoms with Gasteiger partial charge in [0, 0.05) is 12.1 Å². The fourth-order valence-electron chi connectivity index (χ4n) is 2.20. The van der Waals surface area contributed by atoms with Crippen LogP contribution >= 0.6 is 0 Å². The van der Waals surface area contributed by atoms with E-state index >= 15 is 0 Å². The fourth-order valence-corrected chi connectivity index (χ4v) is 2.20. The van der Waals surface area contributed by atoms with Crippen LogP contribution in [0.5, 0.6) is 11.5 Å². The van der Waals surface area contributed by atoms with Crippen LogP contribution in [-0.4, -0.2) is 25.4 Å². The van der Waals surface area contributed by atoms with Gasteiger partial charge in [0.2, 0.25) is 0 Å². The van der Waals surface area contributed by atoms with Crippen molar-refractivity contribution >= 4 is 11.7 Å². The molecule has 2 aromatic rings. The third-order valence-electron chi connectivity index (χ3n) is 3.67. The van der Waals surface area contributed by atoms with Crippen molar-refractivity contribution in [2.24, 2.45) is 0 Å². The van der Waals surface area contributed by atoms with Crippen LogP contribution in [0.2, 0.25) is 0 Å². The van der Waals surface area contributed by atoms with E-state index in [0.29, 0.717) is 23.6 Å². The first-order chi connectivity index (χ1) is 11.5. The maximum Gasteiger partial charge on any atom is 0.258 e. The quantitative estimate of drug-likeness (QED) is 0.794. The van der Waals surface area contributed by atoms with E-state index in [1.807, 2.05) is 31.2 Å².